The van der Waals surface area contributed by atoms with Crippen LogP contribution in [-0.2, 0) is 4.79 Å². The van der Waals surface area contributed by atoms with Crippen LogP contribution in [0, 0.1) is 5.92 Å². The Hall–Kier alpha value is -1.30. The fourth-order valence-electron chi connectivity index (χ4n) is 2.67. The number of hydrogen-bond donors (Lipinski definition) is 2. The number of amides is 2. The van der Waals surface area contributed by atoms with E-state index in [1.54, 1.807) is 11.9 Å². The molecule has 1 fully saturated rings. The lowest BCUT2D eigenvalue weighted by Gasteiger charge is -2.28. The van der Waals surface area contributed by atoms with Crippen molar-refractivity contribution in [1.82, 2.24) is 15.1 Å². The number of carbonyl (C=O) groups excluding carboxylic acids is 1. The van der Waals surface area contributed by atoms with E-state index < -0.39 is 11.9 Å². The van der Waals surface area contributed by atoms with Gasteiger partial charge in [-0.05, 0) is 32.4 Å². The predicted octanol–water partition coefficient (Wildman–Crippen LogP) is 1.22. The van der Waals surface area contributed by atoms with Crippen LogP contribution < -0.4 is 5.32 Å². The lowest BCUT2D eigenvalue weighted by Crippen LogP contribution is -2.46. The SMILES string of the molecule is CCC(CNC(=O)N(C)CC1CCCN1CC)C(=O)O. The van der Waals surface area contributed by atoms with Gasteiger partial charge in [0, 0.05) is 26.2 Å². The molecular formula is C14H27N3O3. The molecule has 0 spiro atoms. The van der Waals surface area contributed by atoms with E-state index in [0.29, 0.717) is 19.0 Å². The van der Waals surface area contributed by atoms with Gasteiger partial charge in [-0.3, -0.25) is 9.69 Å². The number of likely N-dealkylation sites (tertiary alicyclic amines) is 1. The second-order valence-electron chi connectivity index (χ2n) is 5.43. The van der Waals surface area contributed by atoms with Gasteiger partial charge in [0.15, 0.2) is 0 Å². The quantitative estimate of drug-likeness (QED) is 0.738. The molecule has 1 aliphatic rings. The lowest BCUT2D eigenvalue weighted by atomic mass is 10.1. The first-order valence-electron chi connectivity index (χ1n) is 7.45. The molecule has 2 amide bonds. The standard InChI is InChI=1S/C14H27N3O3/c1-4-11(13(18)19)9-15-14(20)16(3)10-12-7-6-8-17(12)5-2/h11-12H,4-10H2,1-3H3,(H,15,20)(H,18,19). The molecule has 1 heterocycles. The fourth-order valence-corrected chi connectivity index (χ4v) is 2.67. The van der Waals surface area contributed by atoms with Gasteiger partial charge in [-0.2, -0.15) is 0 Å². The molecule has 1 saturated heterocycles. The maximum Gasteiger partial charge on any atom is 0.317 e. The number of urea groups is 1. The monoisotopic (exact) mass is 285 g/mol. The summed E-state index contributed by atoms with van der Waals surface area (Å²) in [5, 5.41) is 11.7. The topological polar surface area (TPSA) is 72.9 Å². The summed E-state index contributed by atoms with van der Waals surface area (Å²) in [4.78, 5) is 26.9. The molecule has 6 nitrogen and oxygen atoms in total. The Bertz CT molecular complexity index is 336. The first kappa shape index (κ1) is 16.8. The number of nitrogens with zero attached hydrogens (tertiary/aromatic N) is 2. The minimum Gasteiger partial charge on any atom is -0.481 e. The Morgan fingerprint density at radius 3 is 2.70 bits per heavy atom. The molecule has 0 aromatic heterocycles. The smallest absolute Gasteiger partial charge is 0.317 e. The zero-order valence-corrected chi connectivity index (χ0v) is 12.8. The number of hydrogen-bond acceptors (Lipinski definition) is 3. The number of rotatable bonds is 7. The van der Waals surface area contributed by atoms with Crippen LogP contribution >= 0.6 is 0 Å². The summed E-state index contributed by atoms with van der Waals surface area (Å²) in [7, 11) is 1.77. The fraction of sp³-hybridized carbons (Fsp3) is 0.857. The third kappa shape index (κ3) is 4.67. The molecule has 1 aliphatic heterocycles. The highest BCUT2D eigenvalue weighted by molar-refractivity contribution is 5.75. The number of likely N-dealkylation sites (N-methyl/N-ethyl adjacent to an activating group) is 2. The molecule has 0 radical (unpaired) electrons. The lowest BCUT2D eigenvalue weighted by molar-refractivity contribution is -0.141. The molecule has 0 saturated carbocycles. The van der Waals surface area contributed by atoms with Crippen LogP contribution in [0.2, 0.25) is 0 Å². The molecule has 0 aromatic carbocycles. The summed E-state index contributed by atoms with van der Waals surface area (Å²) in [5.41, 5.74) is 0. The molecule has 0 bridgehead atoms. The van der Waals surface area contributed by atoms with Crippen LogP contribution in [0.4, 0.5) is 4.79 Å². The van der Waals surface area contributed by atoms with Gasteiger partial charge in [-0.25, -0.2) is 4.79 Å². The summed E-state index contributed by atoms with van der Waals surface area (Å²) in [6.45, 7) is 6.95. The third-order valence-corrected chi connectivity index (χ3v) is 4.08. The van der Waals surface area contributed by atoms with Gasteiger partial charge >= 0.3 is 12.0 Å². The molecule has 0 aliphatic carbocycles. The number of carboxylic acid groups (broad SMARTS) is 1. The van der Waals surface area contributed by atoms with Crippen LogP contribution in [0.3, 0.4) is 0 Å². The van der Waals surface area contributed by atoms with Crippen LogP contribution in [0.15, 0.2) is 0 Å². The van der Waals surface area contributed by atoms with Gasteiger partial charge in [-0.1, -0.05) is 13.8 Å². The van der Waals surface area contributed by atoms with E-state index in [0.717, 1.165) is 19.5 Å². The Balaban J connectivity index is 2.37. The summed E-state index contributed by atoms with van der Waals surface area (Å²) >= 11 is 0. The summed E-state index contributed by atoms with van der Waals surface area (Å²) in [6.07, 6.45) is 2.83. The number of nitrogens with one attached hydrogen (secondary N) is 1. The molecular weight excluding hydrogens is 258 g/mol. The third-order valence-electron chi connectivity index (χ3n) is 4.08. The van der Waals surface area contributed by atoms with Crippen molar-refractivity contribution in [2.24, 2.45) is 5.92 Å². The second-order valence-corrected chi connectivity index (χ2v) is 5.43. The molecule has 20 heavy (non-hydrogen) atoms. The van der Waals surface area contributed by atoms with Gasteiger partial charge in [0.2, 0.25) is 0 Å². The van der Waals surface area contributed by atoms with Crippen molar-refractivity contribution in [3.63, 3.8) is 0 Å². The van der Waals surface area contributed by atoms with Crippen molar-refractivity contribution >= 4 is 12.0 Å². The first-order valence-corrected chi connectivity index (χ1v) is 7.45. The maximum absolute atomic E-state index is 12.0. The minimum atomic E-state index is -0.858. The van der Waals surface area contributed by atoms with Crippen LogP contribution in [-0.4, -0.2) is 66.2 Å². The van der Waals surface area contributed by atoms with E-state index in [2.05, 4.69) is 17.1 Å². The van der Waals surface area contributed by atoms with E-state index in [1.165, 1.54) is 6.42 Å². The van der Waals surface area contributed by atoms with Crippen molar-refractivity contribution in [3.8, 4) is 0 Å². The molecule has 0 aromatic rings. The van der Waals surface area contributed by atoms with Crippen molar-refractivity contribution in [1.29, 1.82) is 0 Å². The molecule has 2 atom stereocenters. The van der Waals surface area contributed by atoms with E-state index in [4.69, 9.17) is 5.11 Å². The Kier molecular flexibility index (Phi) is 6.78. The summed E-state index contributed by atoms with van der Waals surface area (Å²) in [5.74, 6) is -1.37. The molecule has 116 valence electrons. The van der Waals surface area contributed by atoms with Crippen LogP contribution in [0.25, 0.3) is 0 Å². The second kappa shape index (κ2) is 8.09. The van der Waals surface area contributed by atoms with Crippen molar-refractivity contribution in [2.75, 3.05) is 33.2 Å². The highest BCUT2D eigenvalue weighted by Crippen LogP contribution is 2.17. The average Bonchev–Trinajstić information content (AvgIpc) is 2.85. The Morgan fingerprint density at radius 2 is 2.15 bits per heavy atom. The van der Waals surface area contributed by atoms with Crippen molar-refractivity contribution < 1.29 is 14.7 Å². The molecule has 1 rings (SSSR count). The largest absolute Gasteiger partial charge is 0.481 e. The minimum absolute atomic E-state index is 0.187. The van der Waals surface area contributed by atoms with Gasteiger partial charge in [0.25, 0.3) is 0 Å². The van der Waals surface area contributed by atoms with Crippen molar-refractivity contribution in [2.45, 2.75) is 39.2 Å². The van der Waals surface area contributed by atoms with Crippen LogP contribution in [0.1, 0.15) is 33.1 Å². The first-order chi connectivity index (χ1) is 9.49. The Labute approximate surface area is 121 Å². The van der Waals surface area contributed by atoms with E-state index in [1.807, 2.05) is 6.92 Å². The van der Waals surface area contributed by atoms with Crippen molar-refractivity contribution in [3.05, 3.63) is 0 Å². The van der Waals surface area contributed by atoms with E-state index in [-0.39, 0.29) is 12.6 Å². The number of carboxylic acids is 1. The zero-order chi connectivity index (χ0) is 15.1. The summed E-state index contributed by atoms with van der Waals surface area (Å²) < 4.78 is 0. The van der Waals surface area contributed by atoms with Gasteiger partial charge < -0.3 is 15.3 Å². The Morgan fingerprint density at radius 1 is 1.45 bits per heavy atom. The highest BCUT2D eigenvalue weighted by atomic mass is 16.4. The van der Waals surface area contributed by atoms with Gasteiger partial charge in [0.05, 0.1) is 5.92 Å². The zero-order valence-electron chi connectivity index (χ0n) is 12.8. The van der Waals surface area contributed by atoms with Gasteiger partial charge in [0.1, 0.15) is 0 Å². The molecule has 2 N–H and O–H groups in total. The number of aliphatic carboxylic acids is 1. The van der Waals surface area contributed by atoms with E-state index in [9.17, 15) is 9.59 Å². The van der Waals surface area contributed by atoms with Gasteiger partial charge in [-0.15, -0.1) is 0 Å². The van der Waals surface area contributed by atoms with E-state index >= 15 is 0 Å². The average molecular weight is 285 g/mol. The maximum atomic E-state index is 12.0. The normalized spacial score (nSPS) is 20.6. The molecule has 6 heteroatoms. The highest BCUT2D eigenvalue weighted by Gasteiger charge is 2.26. The number of carbonyl (C=O) groups is 2. The van der Waals surface area contributed by atoms with Crippen LogP contribution in [0.5, 0.6) is 0 Å². The summed E-state index contributed by atoms with van der Waals surface area (Å²) in [6, 6.07) is 0.241. The molecule has 2 unspecified atom stereocenters. The predicted molar refractivity (Wildman–Crippen MR) is 77.7 cm³/mol.